The minimum Gasteiger partial charge on any atom is -0.392 e. The van der Waals surface area contributed by atoms with Gasteiger partial charge in [-0.1, -0.05) is 19.1 Å². The summed E-state index contributed by atoms with van der Waals surface area (Å²) in [6.45, 7) is 1.86. The normalized spacial score (nSPS) is 12.2. The molecule has 4 nitrogen and oxygen atoms in total. The molecule has 0 aliphatic carbocycles. The summed E-state index contributed by atoms with van der Waals surface area (Å²) in [4.78, 5) is 11.4. The molecule has 4 N–H and O–H groups in total. The van der Waals surface area contributed by atoms with E-state index in [0.717, 1.165) is 5.56 Å². The lowest BCUT2D eigenvalue weighted by molar-refractivity contribution is -0.117. The van der Waals surface area contributed by atoms with E-state index in [-0.39, 0.29) is 12.5 Å². The second kappa shape index (κ2) is 5.48. The zero-order valence-electron chi connectivity index (χ0n) is 8.73. The number of carbonyl (C=O) groups is 1. The van der Waals surface area contributed by atoms with Crippen LogP contribution in [0.1, 0.15) is 18.9 Å². The highest BCUT2D eigenvalue weighted by Gasteiger charge is 2.10. The topological polar surface area (TPSA) is 75.4 Å². The molecule has 0 saturated heterocycles. The number of nitrogens with one attached hydrogen (secondary N) is 1. The molecule has 1 aromatic rings. The number of rotatable bonds is 4. The van der Waals surface area contributed by atoms with Crippen molar-refractivity contribution in [1.82, 2.24) is 0 Å². The van der Waals surface area contributed by atoms with Crippen LogP contribution in [0.15, 0.2) is 24.3 Å². The van der Waals surface area contributed by atoms with Crippen molar-refractivity contribution >= 4 is 11.6 Å². The Kier molecular flexibility index (Phi) is 4.27. The molecule has 0 aliphatic rings. The van der Waals surface area contributed by atoms with E-state index in [1.807, 2.05) is 6.92 Å². The Bertz CT molecular complexity index is 322. The second-order valence-corrected chi connectivity index (χ2v) is 3.36. The molecule has 0 spiro atoms. The standard InChI is InChI=1S/C11H16N2O2/c1-2-10(12)11(15)13-9-5-3-8(7-14)4-6-9/h3-6,10,14H,2,7,12H2,1H3,(H,13,15)/t10-/m1/s1. The van der Waals surface area contributed by atoms with Crippen LogP contribution in [0.2, 0.25) is 0 Å². The van der Waals surface area contributed by atoms with Crippen LogP contribution < -0.4 is 11.1 Å². The highest BCUT2D eigenvalue weighted by molar-refractivity contribution is 5.94. The number of amides is 1. The maximum Gasteiger partial charge on any atom is 0.241 e. The molecule has 0 saturated carbocycles. The average molecular weight is 208 g/mol. The maximum atomic E-state index is 11.4. The Morgan fingerprint density at radius 1 is 1.47 bits per heavy atom. The molecule has 0 bridgehead atoms. The summed E-state index contributed by atoms with van der Waals surface area (Å²) in [5.74, 6) is -0.186. The van der Waals surface area contributed by atoms with Crippen molar-refractivity contribution in [1.29, 1.82) is 0 Å². The molecule has 0 heterocycles. The fourth-order valence-corrected chi connectivity index (χ4v) is 1.11. The van der Waals surface area contributed by atoms with Gasteiger partial charge in [0, 0.05) is 5.69 Å². The quantitative estimate of drug-likeness (QED) is 0.686. The number of aliphatic hydroxyl groups excluding tert-OH is 1. The summed E-state index contributed by atoms with van der Waals surface area (Å²) in [7, 11) is 0. The summed E-state index contributed by atoms with van der Waals surface area (Å²) < 4.78 is 0. The summed E-state index contributed by atoms with van der Waals surface area (Å²) in [5.41, 5.74) is 7.08. The van der Waals surface area contributed by atoms with Gasteiger partial charge in [-0.3, -0.25) is 4.79 Å². The van der Waals surface area contributed by atoms with Gasteiger partial charge in [-0.05, 0) is 24.1 Å². The number of hydrogen-bond acceptors (Lipinski definition) is 3. The Hall–Kier alpha value is -1.39. The maximum absolute atomic E-state index is 11.4. The van der Waals surface area contributed by atoms with Crippen LogP contribution in [-0.2, 0) is 11.4 Å². The smallest absolute Gasteiger partial charge is 0.241 e. The lowest BCUT2D eigenvalue weighted by Crippen LogP contribution is -2.34. The molecule has 0 aromatic heterocycles. The first-order chi connectivity index (χ1) is 7.17. The van der Waals surface area contributed by atoms with Gasteiger partial charge < -0.3 is 16.2 Å². The molecule has 1 aromatic carbocycles. The molecule has 82 valence electrons. The van der Waals surface area contributed by atoms with Crippen LogP contribution in [0.25, 0.3) is 0 Å². The van der Waals surface area contributed by atoms with Crippen molar-refractivity contribution in [2.45, 2.75) is 26.0 Å². The molecule has 0 aliphatic heterocycles. The molecule has 1 atom stereocenters. The van der Waals surface area contributed by atoms with Gasteiger partial charge >= 0.3 is 0 Å². The van der Waals surface area contributed by atoms with E-state index in [2.05, 4.69) is 5.32 Å². The number of nitrogens with two attached hydrogens (primary N) is 1. The van der Waals surface area contributed by atoms with E-state index < -0.39 is 6.04 Å². The Labute approximate surface area is 89.1 Å². The Balaban J connectivity index is 2.61. The van der Waals surface area contributed by atoms with Gasteiger partial charge in [0.15, 0.2) is 0 Å². The SMILES string of the molecule is CC[C@@H](N)C(=O)Nc1ccc(CO)cc1. The van der Waals surface area contributed by atoms with Crippen molar-refractivity contribution in [3.05, 3.63) is 29.8 Å². The van der Waals surface area contributed by atoms with E-state index >= 15 is 0 Å². The lowest BCUT2D eigenvalue weighted by atomic mass is 10.2. The van der Waals surface area contributed by atoms with Crippen LogP contribution in [0.4, 0.5) is 5.69 Å². The number of hydrogen-bond donors (Lipinski definition) is 3. The van der Waals surface area contributed by atoms with Crippen molar-refractivity contribution in [3.8, 4) is 0 Å². The molecule has 15 heavy (non-hydrogen) atoms. The van der Waals surface area contributed by atoms with Crippen molar-refractivity contribution in [2.75, 3.05) is 5.32 Å². The van der Waals surface area contributed by atoms with E-state index in [1.54, 1.807) is 24.3 Å². The monoisotopic (exact) mass is 208 g/mol. The molecule has 1 rings (SSSR count). The van der Waals surface area contributed by atoms with E-state index in [9.17, 15) is 4.79 Å². The van der Waals surface area contributed by atoms with Crippen molar-refractivity contribution in [3.63, 3.8) is 0 Å². The number of anilines is 1. The van der Waals surface area contributed by atoms with Crippen molar-refractivity contribution < 1.29 is 9.90 Å². The predicted octanol–water partition coefficient (Wildman–Crippen LogP) is 0.855. The van der Waals surface area contributed by atoms with Gasteiger partial charge in [0.25, 0.3) is 0 Å². The number of benzene rings is 1. The third-order valence-corrected chi connectivity index (χ3v) is 2.18. The van der Waals surface area contributed by atoms with Gasteiger partial charge in [0.05, 0.1) is 12.6 Å². The average Bonchev–Trinajstić information content (AvgIpc) is 2.29. The first-order valence-corrected chi connectivity index (χ1v) is 4.93. The van der Waals surface area contributed by atoms with Gasteiger partial charge in [0.2, 0.25) is 5.91 Å². The second-order valence-electron chi connectivity index (χ2n) is 3.36. The fraction of sp³-hybridized carbons (Fsp3) is 0.364. The van der Waals surface area contributed by atoms with E-state index in [0.29, 0.717) is 12.1 Å². The van der Waals surface area contributed by atoms with E-state index in [4.69, 9.17) is 10.8 Å². The van der Waals surface area contributed by atoms with Crippen LogP contribution in [-0.4, -0.2) is 17.1 Å². The molecule has 4 heteroatoms. The van der Waals surface area contributed by atoms with Crippen LogP contribution in [0.3, 0.4) is 0 Å². The summed E-state index contributed by atoms with van der Waals surface area (Å²) >= 11 is 0. The zero-order valence-corrected chi connectivity index (χ0v) is 8.73. The third-order valence-electron chi connectivity index (χ3n) is 2.18. The molecular formula is C11H16N2O2. The molecular weight excluding hydrogens is 192 g/mol. The predicted molar refractivity (Wildman–Crippen MR) is 59.3 cm³/mol. The largest absolute Gasteiger partial charge is 0.392 e. The van der Waals surface area contributed by atoms with Gasteiger partial charge in [-0.25, -0.2) is 0 Å². The molecule has 0 unspecified atom stereocenters. The molecule has 0 fully saturated rings. The van der Waals surface area contributed by atoms with Crippen molar-refractivity contribution in [2.24, 2.45) is 5.73 Å². The lowest BCUT2D eigenvalue weighted by Gasteiger charge is -2.10. The van der Waals surface area contributed by atoms with Crippen LogP contribution in [0, 0.1) is 0 Å². The summed E-state index contributed by atoms with van der Waals surface area (Å²) in [6, 6.07) is 6.53. The van der Waals surface area contributed by atoms with Gasteiger partial charge in [-0.2, -0.15) is 0 Å². The first kappa shape index (κ1) is 11.7. The highest BCUT2D eigenvalue weighted by Crippen LogP contribution is 2.09. The summed E-state index contributed by atoms with van der Waals surface area (Å²) in [5, 5.41) is 11.5. The zero-order chi connectivity index (χ0) is 11.3. The number of aliphatic hydroxyl groups is 1. The molecule has 0 radical (unpaired) electrons. The van der Waals surface area contributed by atoms with Crippen LogP contribution >= 0.6 is 0 Å². The van der Waals surface area contributed by atoms with Gasteiger partial charge in [0.1, 0.15) is 0 Å². The van der Waals surface area contributed by atoms with Crippen LogP contribution in [0.5, 0.6) is 0 Å². The number of carbonyl (C=O) groups excluding carboxylic acids is 1. The minimum atomic E-state index is -0.470. The summed E-state index contributed by atoms with van der Waals surface area (Å²) in [6.07, 6.45) is 0.612. The third kappa shape index (κ3) is 3.34. The Morgan fingerprint density at radius 3 is 2.53 bits per heavy atom. The molecule has 1 amide bonds. The van der Waals surface area contributed by atoms with Gasteiger partial charge in [-0.15, -0.1) is 0 Å². The first-order valence-electron chi connectivity index (χ1n) is 4.93. The fourth-order valence-electron chi connectivity index (χ4n) is 1.11. The highest BCUT2D eigenvalue weighted by atomic mass is 16.3. The minimum absolute atomic E-state index is 0.00268. The Morgan fingerprint density at radius 2 is 2.07 bits per heavy atom. The van der Waals surface area contributed by atoms with E-state index in [1.165, 1.54) is 0 Å².